The Morgan fingerprint density at radius 2 is 1.81 bits per heavy atom. The Balaban J connectivity index is 2.44. The average Bonchev–Trinajstić information content (AvgIpc) is 2.17. The largest absolute Gasteiger partial charge is 0.390 e. The van der Waals surface area contributed by atoms with Gasteiger partial charge in [-0.15, -0.1) is 0 Å². The highest BCUT2D eigenvalue weighted by Gasteiger charge is 2.26. The summed E-state index contributed by atoms with van der Waals surface area (Å²) in [4.78, 5) is 3.91. The molecule has 2 N–H and O–H groups in total. The molecule has 0 unspecified atom stereocenters. The van der Waals surface area contributed by atoms with Crippen LogP contribution in [-0.2, 0) is 0 Å². The van der Waals surface area contributed by atoms with Crippen LogP contribution in [0.3, 0.4) is 0 Å². The number of hydrogen-bond acceptors (Lipinski definition) is 3. The van der Waals surface area contributed by atoms with E-state index < -0.39 is 12.6 Å². The first-order valence-electron chi connectivity index (χ1n) is 5.01. The average molecular weight is 233 g/mol. The van der Waals surface area contributed by atoms with E-state index in [1.54, 1.807) is 12.3 Å². The second kappa shape index (κ2) is 5.58. The zero-order chi connectivity index (χ0) is 12.0. The molecule has 0 aromatic carbocycles. The number of rotatable bonds is 5. The van der Waals surface area contributed by atoms with Gasteiger partial charge in [0.1, 0.15) is 0 Å². The van der Waals surface area contributed by atoms with Crippen molar-refractivity contribution >= 4 is 11.4 Å². The Hall–Kier alpha value is -1.46. The molecule has 0 aliphatic heterocycles. The summed E-state index contributed by atoms with van der Waals surface area (Å²) in [5.74, 6) is 0. The molecule has 90 valence electrons. The summed E-state index contributed by atoms with van der Waals surface area (Å²) in [5.41, 5.74) is 1.38. The number of halogens is 3. The molecule has 0 saturated carbocycles. The van der Waals surface area contributed by atoms with Crippen LogP contribution in [0.15, 0.2) is 18.5 Å². The molecule has 1 heterocycles. The van der Waals surface area contributed by atoms with Crippen LogP contribution in [0.5, 0.6) is 0 Å². The number of aromatic nitrogens is 1. The quantitative estimate of drug-likeness (QED) is 0.821. The lowest BCUT2D eigenvalue weighted by molar-refractivity contribution is -0.131. The molecule has 0 fully saturated rings. The van der Waals surface area contributed by atoms with Crippen LogP contribution in [0.25, 0.3) is 0 Å². The molecule has 0 radical (unpaired) electrons. The number of alkyl halides is 3. The standard InChI is InChI=1S/C10H14F3N3/c1-2-15-8-5-9(7-14-6-8)16-4-3-10(11,12)13/h5-7,15-16H,2-4H2,1H3. The van der Waals surface area contributed by atoms with E-state index in [4.69, 9.17) is 0 Å². The minimum absolute atomic E-state index is 0.138. The third-order valence-corrected chi connectivity index (χ3v) is 1.86. The molecule has 0 bridgehead atoms. The fraction of sp³-hybridized carbons (Fsp3) is 0.500. The van der Waals surface area contributed by atoms with Gasteiger partial charge in [0.2, 0.25) is 0 Å². The van der Waals surface area contributed by atoms with Crippen molar-refractivity contribution in [1.82, 2.24) is 4.98 Å². The summed E-state index contributed by atoms with van der Waals surface area (Å²) >= 11 is 0. The maximum atomic E-state index is 11.9. The number of pyridine rings is 1. The molecule has 0 atom stereocenters. The van der Waals surface area contributed by atoms with Gasteiger partial charge in [0.25, 0.3) is 0 Å². The predicted octanol–water partition coefficient (Wildman–Crippen LogP) is 2.88. The predicted molar refractivity (Wildman–Crippen MR) is 57.6 cm³/mol. The molecular formula is C10H14F3N3. The first kappa shape index (κ1) is 12.6. The first-order chi connectivity index (χ1) is 7.51. The van der Waals surface area contributed by atoms with Gasteiger partial charge in [-0.2, -0.15) is 13.2 Å². The van der Waals surface area contributed by atoms with Crippen LogP contribution in [0.4, 0.5) is 24.5 Å². The van der Waals surface area contributed by atoms with Gasteiger partial charge in [0, 0.05) is 13.1 Å². The highest BCUT2D eigenvalue weighted by Crippen LogP contribution is 2.20. The molecular weight excluding hydrogens is 219 g/mol. The Kier molecular flexibility index (Phi) is 4.39. The van der Waals surface area contributed by atoms with Gasteiger partial charge in [0.05, 0.1) is 30.2 Å². The van der Waals surface area contributed by atoms with Crippen molar-refractivity contribution in [1.29, 1.82) is 0 Å². The first-order valence-corrected chi connectivity index (χ1v) is 5.01. The highest BCUT2D eigenvalue weighted by molar-refractivity contribution is 5.53. The van der Waals surface area contributed by atoms with Gasteiger partial charge in [-0.25, -0.2) is 0 Å². The number of nitrogens with zero attached hydrogens (tertiary/aromatic N) is 1. The van der Waals surface area contributed by atoms with Gasteiger partial charge >= 0.3 is 6.18 Å². The normalized spacial score (nSPS) is 11.2. The van der Waals surface area contributed by atoms with Crippen molar-refractivity contribution in [2.24, 2.45) is 0 Å². The summed E-state index contributed by atoms with van der Waals surface area (Å²) in [7, 11) is 0. The lowest BCUT2D eigenvalue weighted by Gasteiger charge is -2.10. The van der Waals surface area contributed by atoms with Crippen molar-refractivity contribution in [3.8, 4) is 0 Å². The van der Waals surface area contributed by atoms with E-state index in [1.807, 2.05) is 6.92 Å². The lowest BCUT2D eigenvalue weighted by atomic mass is 10.3. The minimum Gasteiger partial charge on any atom is -0.384 e. The Morgan fingerprint density at radius 1 is 1.19 bits per heavy atom. The van der Waals surface area contributed by atoms with Gasteiger partial charge in [-0.1, -0.05) is 0 Å². The van der Waals surface area contributed by atoms with Crippen LogP contribution >= 0.6 is 0 Å². The fourth-order valence-corrected chi connectivity index (χ4v) is 1.19. The van der Waals surface area contributed by atoms with Crippen LogP contribution in [0, 0.1) is 0 Å². The van der Waals surface area contributed by atoms with Gasteiger partial charge in [-0.3, -0.25) is 4.98 Å². The van der Waals surface area contributed by atoms with E-state index in [9.17, 15) is 13.2 Å². The molecule has 0 aliphatic carbocycles. The number of hydrogen-bond donors (Lipinski definition) is 2. The molecule has 0 aliphatic rings. The van der Waals surface area contributed by atoms with Crippen molar-refractivity contribution in [2.45, 2.75) is 19.5 Å². The summed E-state index contributed by atoms with van der Waals surface area (Å²) in [6.07, 6.45) is -1.85. The van der Waals surface area contributed by atoms with Gasteiger partial charge in [0.15, 0.2) is 0 Å². The number of nitrogens with one attached hydrogen (secondary N) is 2. The zero-order valence-electron chi connectivity index (χ0n) is 8.93. The van der Waals surface area contributed by atoms with Gasteiger partial charge < -0.3 is 10.6 Å². The molecule has 1 rings (SSSR count). The van der Waals surface area contributed by atoms with Gasteiger partial charge in [-0.05, 0) is 13.0 Å². The van der Waals surface area contributed by atoms with E-state index in [1.165, 1.54) is 6.20 Å². The van der Waals surface area contributed by atoms with E-state index >= 15 is 0 Å². The van der Waals surface area contributed by atoms with Crippen LogP contribution in [0.2, 0.25) is 0 Å². The van der Waals surface area contributed by atoms with Crippen LogP contribution < -0.4 is 10.6 Å². The monoisotopic (exact) mass is 233 g/mol. The molecule has 16 heavy (non-hydrogen) atoms. The smallest absolute Gasteiger partial charge is 0.384 e. The van der Waals surface area contributed by atoms with Crippen molar-refractivity contribution in [3.05, 3.63) is 18.5 Å². The summed E-state index contributed by atoms with van der Waals surface area (Å²) in [6.45, 7) is 2.54. The topological polar surface area (TPSA) is 37.0 Å². The third-order valence-electron chi connectivity index (χ3n) is 1.86. The van der Waals surface area contributed by atoms with Crippen LogP contribution in [0.1, 0.15) is 13.3 Å². The third kappa shape index (κ3) is 4.86. The summed E-state index contributed by atoms with van der Waals surface area (Å²) in [6, 6.07) is 1.73. The Morgan fingerprint density at radius 3 is 2.38 bits per heavy atom. The Bertz CT molecular complexity index is 325. The lowest BCUT2D eigenvalue weighted by Crippen LogP contribution is -2.14. The highest BCUT2D eigenvalue weighted by atomic mass is 19.4. The SMILES string of the molecule is CCNc1cncc(NCCC(F)(F)F)c1. The zero-order valence-corrected chi connectivity index (χ0v) is 8.93. The van der Waals surface area contributed by atoms with Crippen molar-refractivity contribution in [2.75, 3.05) is 23.7 Å². The minimum atomic E-state index is -4.13. The fourth-order valence-electron chi connectivity index (χ4n) is 1.19. The molecule has 3 nitrogen and oxygen atoms in total. The number of anilines is 2. The molecule has 6 heteroatoms. The van der Waals surface area contributed by atoms with E-state index in [0.717, 1.165) is 12.2 Å². The summed E-state index contributed by atoms with van der Waals surface area (Å²) in [5, 5.41) is 5.71. The van der Waals surface area contributed by atoms with E-state index in [-0.39, 0.29) is 6.54 Å². The maximum Gasteiger partial charge on any atom is 0.390 e. The second-order valence-electron chi connectivity index (χ2n) is 3.28. The molecule has 1 aromatic heterocycles. The van der Waals surface area contributed by atoms with E-state index in [0.29, 0.717) is 5.69 Å². The van der Waals surface area contributed by atoms with Crippen LogP contribution in [-0.4, -0.2) is 24.2 Å². The maximum absolute atomic E-state index is 11.9. The second-order valence-corrected chi connectivity index (χ2v) is 3.28. The molecule has 1 aromatic rings. The van der Waals surface area contributed by atoms with Crippen molar-refractivity contribution in [3.63, 3.8) is 0 Å². The van der Waals surface area contributed by atoms with Crippen molar-refractivity contribution < 1.29 is 13.2 Å². The molecule has 0 saturated heterocycles. The summed E-state index contributed by atoms with van der Waals surface area (Å²) < 4.78 is 35.7. The molecule has 0 amide bonds. The molecule has 0 spiro atoms. The Labute approximate surface area is 92.1 Å². The van der Waals surface area contributed by atoms with E-state index in [2.05, 4.69) is 15.6 Å².